The van der Waals surface area contributed by atoms with Crippen LogP contribution in [-0.4, -0.2) is 47.7 Å². The van der Waals surface area contributed by atoms with Crippen molar-refractivity contribution < 1.29 is 19.0 Å². The number of hydrogen-bond acceptors (Lipinski definition) is 7. The zero-order valence-electron chi connectivity index (χ0n) is 23.2. The smallest absolute Gasteiger partial charge is 0.284 e. The molecule has 7 rings (SSSR count). The van der Waals surface area contributed by atoms with Gasteiger partial charge in [0.05, 0.1) is 30.6 Å². The number of carbonyl (C=O) groups is 1. The number of aromatic nitrogens is 5. The Morgan fingerprint density at radius 2 is 1.81 bits per heavy atom. The van der Waals surface area contributed by atoms with Crippen molar-refractivity contribution in [3.63, 3.8) is 0 Å². The first kappa shape index (κ1) is 27.0. The van der Waals surface area contributed by atoms with Crippen molar-refractivity contribution >= 4 is 17.2 Å². The molecule has 1 atom stereocenters. The molecule has 5 N–H and O–H groups in total. The Labute approximate surface area is 245 Å². The molecule has 0 saturated heterocycles. The summed E-state index contributed by atoms with van der Waals surface area (Å²) in [5.74, 6) is -1.06. The molecule has 1 aliphatic carbocycles. The highest BCUT2D eigenvalue weighted by Gasteiger charge is 2.35. The van der Waals surface area contributed by atoms with E-state index < -0.39 is 23.4 Å². The average molecular weight is 584 g/mol. The maximum Gasteiger partial charge on any atom is 0.284 e. The molecule has 1 saturated carbocycles. The largest absolute Gasteiger partial charge is 0.393 e. The number of fused-ring (bicyclic) bond motifs is 2. The van der Waals surface area contributed by atoms with E-state index in [9.17, 15) is 14.7 Å². The van der Waals surface area contributed by atoms with Crippen LogP contribution in [-0.2, 0) is 11.3 Å². The molecule has 1 amide bonds. The normalized spacial score (nSPS) is 20.3. The van der Waals surface area contributed by atoms with Gasteiger partial charge in [-0.1, -0.05) is 30.3 Å². The molecule has 3 aromatic heterocycles. The Hall–Kier alpha value is -4.81. The van der Waals surface area contributed by atoms with Crippen molar-refractivity contribution in [2.24, 2.45) is 5.73 Å². The molecule has 2 aliphatic rings. The number of benzene rings is 2. The molecule has 0 spiro atoms. The number of para-hydroxylation sites is 1. The lowest BCUT2D eigenvalue weighted by atomic mass is 9.85. The molecule has 2 aromatic carbocycles. The Morgan fingerprint density at radius 1 is 1.05 bits per heavy atom. The van der Waals surface area contributed by atoms with Crippen molar-refractivity contribution in [3.05, 3.63) is 99.6 Å². The van der Waals surface area contributed by atoms with Crippen molar-refractivity contribution in [2.75, 3.05) is 12.3 Å². The van der Waals surface area contributed by atoms with E-state index in [1.165, 1.54) is 17.1 Å². The Bertz CT molecular complexity index is 1920. The van der Waals surface area contributed by atoms with Crippen LogP contribution in [0.2, 0.25) is 0 Å². The number of nitrogens with zero attached hydrogens (tertiary/aromatic N) is 5. The molecule has 5 aromatic rings. The fourth-order valence-electron chi connectivity index (χ4n) is 6.57. The second-order valence-corrected chi connectivity index (χ2v) is 11.1. The summed E-state index contributed by atoms with van der Waals surface area (Å²) in [6.07, 6.45) is 3.09. The van der Waals surface area contributed by atoms with Gasteiger partial charge in [-0.15, -0.1) is 0 Å². The number of anilines is 1. The number of hydrogen-bond donors (Lipinski definition) is 3. The van der Waals surface area contributed by atoms with Gasteiger partial charge in [0.25, 0.3) is 11.5 Å². The minimum atomic E-state index is -0.902. The predicted molar refractivity (Wildman–Crippen MR) is 156 cm³/mol. The van der Waals surface area contributed by atoms with Crippen LogP contribution in [0.25, 0.3) is 22.3 Å². The number of aliphatic hydroxyl groups is 1. The summed E-state index contributed by atoms with van der Waals surface area (Å²) in [4.78, 5) is 30.2. The number of halogens is 1. The number of primary amides is 1. The lowest BCUT2D eigenvalue weighted by Gasteiger charge is -2.27. The van der Waals surface area contributed by atoms with Crippen molar-refractivity contribution in [3.8, 4) is 16.8 Å². The topological polar surface area (TPSA) is 156 Å². The van der Waals surface area contributed by atoms with E-state index in [0.717, 1.165) is 18.5 Å². The van der Waals surface area contributed by atoms with Crippen molar-refractivity contribution in [1.29, 1.82) is 0 Å². The molecule has 1 fully saturated rings. The van der Waals surface area contributed by atoms with E-state index in [4.69, 9.17) is 16.2 Å². The zero-order chi connectivity index (χ0) is 29.8. The quantitative estimate of drug-likeness (QED) is 0.287. The second kappa shape index (κ2) is 10.5. The SMILES string of the molecule is NC(=O)c1c2n(n(-c3ccccc3)c1=O)CCOC2c1ccc(-c2cc(C3CCC(O)CC3)n3ncnc(N)c23)c(F)c1. The molecule has 1 aliphatic heterocycles. The van der Waals surface area contributed by atoms with Gasteiger partial charge in [-0.05, 0) is 55.5 Å². The van der Waals surface area contributed by atoms with E-state index in [1.54, 1.807) is 45.6 Å². The minimum Gasteiger partial charge on any atom is -0.393 e. The minimum absolute atomic E-state index is 0.134. The van der Waals surface area contributed by atoms with Crippen LogP contribution in [0.5, 0.6) is 0 Å². The number of nitrogens with two attached hydrogens (primary N) is 2. The number of aliphatic hydroxyl groups excluding tert-OH is 1. The van der Waals surface area contributed by atoms with Crippen LogP contribution in [0.3, 0.4) is 0 Å². The maximum absolute atomic E-state index is 16.1. The summed E-state index contributed by atoms with van der Waals surface area (Å²) in [6, 6.07) is 15.6. The summed E-state index contributed by atoms with van der Waals surface area (Å²) in [6.45, 7) is 0.540. The van der Waals surface area contributed by atoms with Gasteiger partial charge in [-0.25, -0.2) is 18.6 Å². The highest BCUT2D eigenvalue weighted by Crippen LogP contribution is 2.40. The molecule has 1 unspecified atom stereocenters. The number of amides is 1. The highest BCUT2D eigenvalue weighted by molar-refractivity contribution is 5.94. The van der Waals surface area contributed by atoms with Crippen molar-refractivity contribution in [2.45, 2.75) is 50.4 Å². The van der Waals surface area contributed by atoms with Crippen LogP contribution < -0.4 is 17.0 Å². The van der Waals surface area contributed by atoms with Gasteiger partial charge < -0.3 is 21.3 Å². The first-order valence-electron chi connectivity index (χ1n) is 14.3. The number of carbonyl (C=O) groups excluding carboxylic acids is 1. The molecule has 11 nitrogen and oxygen atoms in total. The predicted octanol–water partition coefficient (Wildman–Crippen LogP) is 3.31. The fraction of sp³-hybridized carbons (Fsp3) is 0.290. The third-order valence-electron chi connectivity index (χ3n) is 8.58. The van der Waals surface area contributed by atoms with Gasteiger partial charge >= 0.3 is 0 Å². The molecule has 0 bridgehead atoms. The first-order valence-corrected chi connectivity index (χ1v) is 14.3. The summed E-state index contributed by atoms with van der Waals surface area (Å²) < 4.78 is 27.0. The molecule has 43 heavy (non-hydrogen) atoms. The molecular formula is C31H30FN7O4. The summed E-state index contributed by atoms with van der Waals surface area (Å²) in [5, 5.41) is 14.4. The maximum atomic E-state index is 16.1. The van der Waals surface area contributed by atoms with Gasteiger partial charge in [-0.3, -0.25) is 14.3 Å². The standard InChI is InChI=1S/C31H30FN7O4/c32-23-14-18(28-27-25(30(34)41)31(42)39(37(27)12-13-43-28)19-4-2-1-3-5-19)8-11-21(23)22-15-24(17-6-9-20(40)10-7-17)38-26(22)29(33)35-16-36-38/h1-5,8,11,14-17,20,28,40H,6-7,9-10,12-13H2,(H2,34,41)(H2,33,35,36). The number of ether oxygens (including phenoxy) is 1. The number of nitrogen functional groups attached to an aromatic ring is 1. The van der Waals surface area contributed by atoms with Gasteiger partial charge in [-0.2, -0.15) is 5.10 Å². The van der Waals surface area contributed by atoms with Crippen molar-refractivity contribution in [1.82, 2.24) is 24.0 Å². The van der Waals surface area contributed by atoms with E-state index in [0.29, 0.717) is 47.3 Å². The molecule has 0 radical (unpaired) electrons. The van der Waals surface area contributed by atoms with E-state index in [1.807, 2.05) is 12.1 Å². The van der Waals surface area contributed by atoms with Crippen LogP contribution in [0.1, 0.15) is 65.0 Å². The fourth-order valence-corrected chi connectivity index (χ4v) is 6.57. The summed E-state index contributed by atoms with van der Waals surface area (Å²) >= 11 is 0. The first-order chi connectivity index (χ1) is 20.8. The van der Waals surface area contributed by atoms with Gasteiger partial charge in [0.2, 0.25) is 0 Å². The third-order valence-corrected chi connectivity index (χ3v) is 8.58. The van der Waals surface area contributed by atoms with Gasteiger partial charge in [0.15, 0.2) is 5.82 Å². The van der Waals surface area contributed by atoms with E-state index >= 15 is 4.39 Å². The highest BCUT2D eigenvalue weighted by atomic mass is 19.1. The lowest BCUT2D eigenvalue weighted by Crippen LogP contribution is -2.28. The Kier molecular flexibility index (Phi) is 6.59. The zero-order valence-corrected chi connectivity index (χ0v) is 23.2. The van der Waals surface area contributed by atoms with E-state index in [-0.39, 0.29) is 35.7 Å². The molecule has 4 heterocycles. The van der Waals surface area contributed by atoms with Crippen LogP contribution >= 0.6 is 0 Å². The van der Waals surface area contributed by atoms with E-state index in [2.05, 4.69) is 10.1 Å². The summed E-state index contributed by atoms with van der Waals surface area (Å²) in [5.41, 5.74) is 14.8. The van der Waals surface area contributed by atoms with Gasteiger partial charge in [0.1, 0.15) is 29.3 Å². The van der Waals surface area contributed by atoms with Crippen LogP contribution in [0.15, 0.2) is 65.7 Å². The van der Waals surface area contributed by atoms with Crippen LogP contribution in [0, 0.1) is 5.82 Å². The van der Waals surface area contributed by atoms with Gasteiger partial charge in [0, 0.05) is 22.7 Å². The second-order valence-electron chi connectivity index (χ2n) is 11.1. The third kappa shape index (κ3) is 4.41. The number of rotatable bonds is 5. The molecule has 12 heteroatoms. The Morgan fingerprint density at radius 3 is 2.53 bits per heavy atom. The monoisotopic (exact) mass is 583 g/mol. The molecule has 220 valence electrons. The van der Waals surface area contributed by atoms with Crippen LogP contribution in [0.4, 0.5) is 10.2 Å². The average Bonchev–Trinajstić information content (AvgIpc) is 3.54. The Balaban J connectivity index is 1.33. The summed E-state index contributed by atoms with van der Waals surface area (Å²) in [7, 11) is 0. The molecular weight excluding hydrogens is 553 g/mol. The lowest BCUT2D eigenvalue weighted by molar-refractivity contribution is 0.0389.